The average Bonchev–Trinajstić information content (AvgIpc) is 3.45. The van der Waals surface area contributed by atoms with Crippen LogP contribution in [0, 0.1) is 11.7 Å². The van der Waals surface area contributed by atoms with Gasteiger partial charge in [-0.15, -0.1) is 5.10 Å². The predicted molar refractivity (Wildman–Crippen MR) is 97.7 cm³/mol. The SMILES string of the molecule is CN(C(=O)C1CC1)[C@@H]1OC(CO)[C@H](O)[C@H](n2cc(-c3cccc(F)c3)nn2)C1O. The van der Waals surface area contributed by atoms with Gasteiger partial charge in [0.25, 0.3) is 0 Å². The van der Waals surface area contributed by atoms with Crippen molar-refractivity contribution < 1.29 is 29.2 Å². The summed E-state index contributed by atoms with van der Waals surface area (Å²) in [6, 6.07) is 4.79. The highest BCUT2D eigenvalue weighted by Gasteiger charge is 2.49. The van der Waals surface area contributed by atoms with E-state index < -0.39 is 43.0 Å². The molecule has 9 nitrogen and oxygen atoms in total. The number of aliphatic hydroxyl groups is 3. The maximum absolute atomic E-state index is 13.5. The summed E-state index contributed by atoms with van der Waals surface area (Å²) in [4.78, 5) is 13.7. The third-order valence-corrected chi connectivity index (χ3v) is 5.46. The number of nitrogens with zero attached hydrogens (tertiary/aromatic N) is 4. The first-order chi connectivity index (χ1) is 13.9. The topological polar surface area (TPSA) is 121 Å². The van der Waals surface area contributed by atoms with E-state index in [4.69, 9.17) is 4.74 Å². The van der Waals surface area contributed by atoms with Gasteiger partial charge in [-0.05, 0) is 25.0 Å². The number of aromatic nitrogens is 3. The van der Waals surface area contributed by atoms with E-state index in [1.165, 1.54) is 41.0 Å². The van der Waals surface area contributed by atoms with Crippen molar-refractivity contribution in [2.24, 2.45) is 5.92 Å². The molecule has 4 rings (SSSR count). The summed E-state index contributed by atoms with van der Waals surface area (Å²) in [5.41, 5.74) is 0.846. The molecule has 0 radical (unpaired) electrons. The zero-order valence-corrected chi connectivity index (χ0v) is 15.8. The lowest BCUT2D eigenvalue weighted by Gasteiger charge is -2.45. The molecule has 2 unspecified atom stereocenters. The summed E-state index contributed by atoms with van der Waals surface area (Å²) in [6.07, 6.45) is -1.63. The number of amides is 1. The van der Waals surface area contributed by atoms with Gasteiger partial charge in [0.05, 0.1) is 12.8 Å². The Hall–Kier alpha value is -2.40. The number of hydrogen-bond acceptors (Lipinski definition) is 7. The van der Waals surface area contributed by atoms with Crippen molar-refractivity contribution in [3.8, 4) is 11.3 Å². The molecule has 1 amide bonds. The van der Waals surface area contributed by atoms with E-state index in [1.807, 2.05) is 0 Å². The Morgan fingerprint density at radius 1 is 1.34 bits per heavy atom. The summed E-state index contributed by atoms with van der Waals surface area (Å²) in [5.74, 6) is -0.664. The van der Waals surface area contributed by atoms with E-state index in [2.05, 4.69) is 10.3 Å². The smallest absolute Gasteiger partial charge is 0.227 e. The molecule has 0 spiro atoms. The summed E-state index contributed by atoms with van der Waals surface area (Å²) in [6.45, 7) is -0.502. The predicted octanol–water partition coefficient (Wildman–Crippen LogP) is -0.0673. The standard InChI is InChI=1S/C19H23FN4O5/c1-23(18(28)10-5-6-10)19-17(27)15(16(26)14(9-25)29-19)24-8-13(21-22-24)11-3-2-4-12(20)7-11/h2-4,7-8,10,14-17,19,25-27H,5-6,9H2,1H3/t14?,15-,16-,17?,19+/m0/s1. The van der Waals surface area contributed by atoms with Crippen LogP contribution in [0.1, 0.15) is 18.9 Å². The molecule has 156 valence electrons. The number of aliphatic hydroxyl groups excluding tert-OH is 3. The van der Waals surface area contributed by atoms with Crippen LogP contribution in [-0.2, 0) is 9.53 Å². The highest BCUT2D eigenvalue weighted by atomic mass is 19.1. The first-order valence-corrected chi connectivity index (χ1v) is 9.47. The number of likely N-dealkylation sites (N-methyl/N-ethyl adjacent to an activating group) is 1. The monoisotopic (exact) mass is 406 g/mol. The fourth-order valence-electron chi connectivity index (χ4n) is 3.66. The normalized spacial score (nSPS) is 29.6. The van der Waals surface area contributed by atoms with E-state index in [9.17, 15) is 24.5 Å². The van der Waals surface area contributed by atoms with Crippen LogP contribution in [-0.4, -0.2) is 79.3 Å². The van der Waals surface area contributed by atoms with E-state index in [1.54, 1.807) is 6.07 Å². The van der Waals surface area contributed by atoms with Crippen LogP contribution in [0.25, 0.3) is 11.3 Å². The molecule has 0 bridgehead atoms. The lowest BCUT2D eigenvalue weighted by atomic mass is 9.95. The van der Waals surface area contributed by atoms with Gasteiger partial charge in [-0.1, -0.05) is 17.3 Å². The second-order valence-corrected chi connectivity index (χ2v) is 7.54. The zero-order valence-electron chi connectivity index (χ0n) is 15.8. The minimum atomic E-state index is -1.32. The quantitative estimate of drug-likeness (QED) is 0.636. The third-order valence-electron chi connectivity index (χ3n) is 5.46. The maximum Gasteiger partial charge on any atom is 0.227 e. The number of rotatable bonds is 5. The van der Waals surface area contributed by atoms with Crippen LogP contribution in [0.15, 0.2) is 30.5 Å². The minimum Gasteiger partial charge on any atom is -0.394 e. The number of benzene rings is 1. The van der Waals surface area contributed by atoms with Gasteiger partial charge in [-0.25, -0.2) is 9.07 Å². The second-order valence-electron chi connectivity index (χ2n) is 7.54. The van der Waals surface area contributed by atoms with Gasteiger partial charge < -0.3 is 25.0 Å². The number of carbonyl (C=O) groups excluding carboxylic acids is 1. The number of ether oxygens (including phenoxy) is 1. The minimum absolute atomic E-state index is 0.0837. The molecular formula is C19H23FN4O5. The fraction of sp³-hybridized carbons (Fsp3) is 0.526. The summed E-state index contributed by atoms with van der Waals surface area (Å²) in [7, 11) is 1.53. The lowest BCUT2D eigenvalue weighted by molar-refractivity contribution is -0.241. The van der Waals surface area contributed by atoms with Gasteiger partial charge in [0.1, 0.15) is 35.9 Å². The first kappa shape index (κ1) is 19.9. The van der Waals surface area contributed by atoms with Gasteiger partial charge in [0.15, 0.2) is 6.23 Å². The number of halogens is 1. The molecule has 1 aromatic heterocycles. The molecule has 2 fully saturated rings. The molecule has 2 aromatic rings. The molecule has 10 heteroatoms. The van der Waals surface area contributed by atoms with Crippen molar-refractivity contribution in [3.63, 3.8) is 0 Å². The highest BCUT2D eigenvalue weighted by molar-refractivity contribution is 5.81. The van der Waals surface area contributed by atoms with Gasteiger partial charge in [0, 0.05) is 18.5 Å². The molecule has 1 saturated carbocycles. The molecule has 1 aromatic carbocycles. The molecule has 2 heterocycles. The van der Waals surface area contributed by atoms with Gasteiger partial charge >= 0.3 is 0 Å². The Morgan fingerprint density at radius 2 is 2.10 bits per heavy atom. The molecule has 3 N–H and O–H groups in total. The van der Waals surface area contributed by atoms with E-state index in [0.717, 1.165) is 12.8 Å². The average molecular weight is 406 g/mol. The van der Waals surface area contributed by atoms with Crippen molar-refractivity contribution in [2.45, 2.75) is 43.4 Å². The summed E-state index contributed by atoms with van der Waals surface area (Å²) >= 11 is 0. The molecule has 1 saturated heterocycles. The largest absolute Gasteiger partial charge is 0.394 e. The van der Waals surface area contributed by atoms with Gasteiger partial charge in [-0.2, -0.15) is 0 Å². The van der Waals surface area contributed by atoms with Crippen LogP contribution in [0.5, 0.6) is 0 Å². The Kier molecular flexibility index (Phi) is 5.34. The lowest BCUT2D eigenvalue weighted by Crippen LogP contribution is -2.61. The Bertz CT molecular complexity index is 889. The first-order valence-electron chi connectivity index (χ1n) is 9.47. The molecule has 1 aliphatic carbocycles. The Morgan fingerprint density at radius 3 is 2.76 bits per heavy atom. The van der Waals surface area contributed by atoms with Crippen molar-refractivity contribution in [3.05, 3.63) is 36.3 Å². The zero-order chi connectivity index (χ0) is 20.7. The van der Waals surface area contributed by atoms with E-state index in [-0.39, 0.29) is 11.8 Å². The van der Waals surface area contributed by atoms with Crippen LogP contribution in [0.4, 0.5) is 4.39 Å². The summed E-state index contributed by atoms with van der Waals surface area (Å²) < 4.78 is 20.4. The van der Waals surface area contributed by atoms with Crippen molar-refractivity contribution in [1.29, 1.82) is 0 Å². The summed E-state index contributed by atoms with van der Waals surface area (Å²) in [5, 5.41) is 39.2. The molecule has 29 heavy (non-hydrogen) atoms. The maximum atomic E-state index is 13.5. The highest BCUT2D eigenvalue weighted by Crippen LogP contribution is 2.35. The number of carbonyl (C=O) groups is 1. The van der Waals surface area contributed by atoms with Crippen LogP contribution in [0.3, 0.4) is 0 Å². The third kappa shape index (κ3) is 3.76. The van der Waals surface area contributed by atoms with Crippen LogP contribution < -0.4 is 0 Å². The second kappa shape index (κ2) is 7.79. The van der Waals surface area contributed by atoms with Gasteiger partial charge in [-0.3, -0.25) is 4.79 Å². The molecular weight excluding hydrogens is 383 g/mol. The fourth-order valence-corrected chi connectivity index (χ4v) is 3.66. The van der Waals surface area contributed by atoms with Gasteiger partial charge in [0.2, 0.25) is 5.91 Å². The van der Waals surface area contributed by atoms with E-state index >= 15 is 0 Å². The van der Waals surface area contributed by atoms with Crippen molar-refractivity contribution in [1.82, 2.24) is 19.9 Å². The Labute approximate surface area is 166 Å². The molecule has 2 aliphatic rings. The number of hydrogen-bond donors (Lipinski definition) is 3. The molecule has 5 atom stereocenters. The van der Waals surface area contributed by atoms with E-state index in [0.29, 0.717) is 11.3 Å². The Balaban J connectivity index is 1.63. The van der Waals surface area contributed by atoms with Crippen molar-refractivity contribution >= 4 is 5.91 Å². The molecule has 1 aliphatic heterocycles. The van der Waals surface area contributed by atoms with Crippen LogP contribution in [0.2, 0.25) is 0 Å². The van der Waals surface area contributed by atoms with Crippen LogP contribution >= 0.6 is 0 Å². The van der Waals surface area contributed by atoms with Crippen molar-refractivity contribution in [2.75, 3.05) is 13.7 Å².